The van der Waals surface area contributed by atoms with Crippen molar-refractivity contribution >= 4 is 34.6 Å². The van der Waals surface area contributed by atoms with E-state index >= 15 is 0 Å². The van der Waals surface area contributed by atoms with E-state index < -0.39 is 0 Å². The zero-order chi connectivity index (χ0) is 29.2. The molecular weight excluding hydrogens is 506 g/mol. The Morgan fingerprint density at radius 2 is 1.73 bits per heavy atom. The van der Waals surface area contributed by atoms with Gasteiger partial charge in [0.1, 0.15) is 17.3 Å². The fourth-order valence-corrected chi connectivity index (χ4v) is 3.82. The van der Waals surface area contributed by atoms with E-state index in [2.05, 4.69) is 40.9 Å². The SMILES string of the molecule is C=CC(=O)Nc1cc(Nc2cc(C(=O)c3ccc(OCC(C)C)cc3)ccn2)c(OC)cc1N(C)CCN(C)C. The van der Waals surface area contributed by atoms with Crippen molar-refractivity contribution < 1.29 is 19.1 Å². The van der Waals surface area contributed by atoms with Crippen LogP contribution in [-0.4, -0.2) is 69.5 Å². The summed E-state index contributed by atoms with van der Waals surface area (Å²) in [6, 6.07) is 14.1. The highest BCUT2D eigenvalue weighted by Crippen LogP contribution is 2.38. The Morgan fingerprint density at radius 1 is 1.00 bits per heavy atom. The number of carbonyl (C=O) groups is 2. The molecule has 1 amide bonds. The number of ketones is 1. The summed E-state index contributed by atoms with van der Waals surface area (Å²) in [5.74, 6) is 1.69. The molecule has 0 atom stereocenters. The maximum atomic E-state index is 13.2. The number of rotatable bonds is 14. The maximum absolute atomic E-state index is 13.2. The van der Waals surface area contributed by atoms with Crippen LogP contribution in [0.1, 0.15) is 29.8 Å². The number of likely N-dealkylation sites (N-methyl/N-ethyl adjacent to an activating group) is 2. The summed E-state index contributed by atoms with van der Waals surface area (Å²) in [6.07, 6.45) is 2.80. The molecule has 0 spiro atoms. The molecule has 9 heteroatoms. The molecule has 0 aliphatic rings. The number of methoxy groups -OCH3 is 1. The number of carbonyl (C=O) groups excluding carboxylic acids is 2. The van der Waals surface area contributed by atoms with Gasteiger partial charge in [-0.2, -0.15) is 0 Å². The van der Waals surface area contributed by atoms with Crippen molar-refractivity contribution in [2.45, 2.75) is 13.8 Å². The Labute approximate surface area is 236 Å². The van der Waals surface area contributed by atoms with Gasteiger partial charge >= 0.3 is 0 Å². The fraction of sp³-hybridized carbons (Fsp3) is 0.323. The van der Waals surface area contributed by atoms with E-state index in [9.17, 15) is 9.59 Å². The maximum Gasteiger partial charge on any atom is 0.247 e. The number of nitrogens with one attached hydrogen (secondary N) is 2. The Bertz CT molecular complexity index is 1320. The topological polar surface area (TPSA) is 96.0 Å². The van der Waals surface area contributed by atoms with Gasteiger partial charge in [0.2, 0.25) is 5.91 Å². The summed E-state index contributed by atoms with van der Waals surface area (Å²) < 4.78 is 11.4. The molecule has 212 valence electrons. The third-order valence-electron chi connectivity index (χ3n) is 6.04. The van der Waals surface area contributed by atoms with Crippen LogP contribution in [-0.2, 0) is 4.79 Å². The van der Waals surface area contributed by atoms with E-state index in [1.807, 2.05) is 32.1 Å². The zero-order valence-electron chi connectivity index (χ0n) is 24.2. The Kier molecular flexibility index (Phi) is 10.7. The normalized spacial score (nSPS) is 10.8. The lowest BCUT2D eigenvalue weighted by atomic mass is 10.0. The van der Waals surface area contributed by atoms with E-state index in [0.717, 1.165) is 24.5 Å². The van der Waals surface area contributed by atoms with Crippen LogP contribution in [0, 0.1) is 5.92 Å². The number of hydrogen-bond acceptors (Lipinski definition) is 8. The molecule has 0 aliphatic carbocycles. The highest BCUT2D eigenvalue weighted by atomic mass is 16.5. The third-order valence-corrected chi connectivity index (χ3v) is 6.04. The predicted molar refractivity (Wildman–Crippen MR) is 161 cm³/mol. The summed E-state index contributed by atoms with van der Waals surface area (Å²) >= 11 is 0. The van der Waals surface area contributed by atoms with E-state index in [1.54, 1.807) is 55.8 Å². The molecule has 2 N–H and O–H groups in total. The van der Waals surface area contributed by atoms with Gasteiger partial charge in [-0.15, -0.1) is 0 Å². The van der Waals surface area contributed by atoms with Crippen LogP contribution in [0.15, 0.2) is 67.4 Å². The molecule has 1 heterocycles. The Morgan fingerprint density at radius 3 is 2.35 bits per heavy atom. The van der Waals surface area contributed by atoms with Crippen LogP contribution in [0.4, 0.5) is 22.9 Å². The second-order valence-corrected chi connectivity index (χ2v) is 10.1. The fourth-order valence-electron chi connectivity index (χ4n) is 3.82. The molecule has 0 bridgehead atoms. The molecule has 2 aromatic carbocycles. The van der Waals surface area contributed by atoms with Gasteiger partial charge in [0.05, 0.1) is 30.8 Å². The molecule has 0 radical (unpaired) electrons. The molecule has 1 aromatic heterocycles. The molecule has 0 unspecified atom stereocenters. The smallest absolute Gasteiger partial charge is 0.247 e. The number of nitrogens with zero attached hydrogens (tertiary/aromatic N) is 3. The monoisotopic (exact) mass is 545 g/mol. The minimum absolute atomic E-state index is 0.135. The number of amides is 1. The first-order chi connectivity index (χ1) is 19.1. The lowest BCUT2D eigenvalue weighted by Gasteiger charge is -2.26. The first kappa shape index (κ1) is 30.2. The van der Waals surface area contributed by atoms with E-state index in [-0.39, 0.29) is 11.7 Å². The molecule has 3 rings (SSSR count). The molecule has 40 heavy (non-hydrogen) atoms. The molecule has 0 saturated carbocycles. The molecule has 0 aliphatic heterocycles. The third kappa shape index (κ3) is 8.31. The summed E-state index contributed by atoms with van der Waals surface area (Å²) in [6.45, 7) is 9.90. The average Bonchev–Trinajstić information content (AvgIpc) is 2.94. The summed E-state index contributed by atoms with van der Waals surface area (Å²) in [4.78, 5) is 33.9. The van der Waals surface area contributed by atoms with Gasteiger partial charge in [0, 0.05) is 43.5 Å². The van der Waals surface area contributed by atoms with Crippen molar-refractivity contribution in [2.24, 2.45) is 5.92 Å². The first-order valence-corrected chi connectivity index (χ1v) is 13.1. The summed E-state index contributed by atoms with van der Waals surface area (Å²) in [7, 11) is 7.54. The second kappa shape index (κ2) is 14.1. The van der Waals surface area contributed by atoms with Gasteiger partial charge in [-0.3, -0.25) is 9.59 Å². The standard InChI is InChI=1S/C31H39N5O4/c1-8-30(37)34-25-18-26(28(39-7)19-27(25)36(6)16-15-35(4)5)33-29-17-23(13-14-32-29)31(38)22-9-11-24(12-10-22)40-20-21(2)3/h8-14,17-19,21H,1,15-16,20H2,2-7H3,(H,32,33)(H,34,37). The summed E-state index contributed by atoms with van der Waals surface area (Å²) in [5.41, 5.74) is 2.98. The number of pyridine rings is 1. The van der Waals surface area contributed by atoms with Crippen LogP contribution in [0.2, 0.25) is 0 Å². The largest absolute Gasteiger partial charge is 0.494 e. The van der Waals surface area contributed by atoms with Crippen LogP contribution in [0.3, 0.4) is 0 Å². The van der Waals surface area contributed by atoms with Crippen molar-refractivity contribution in [2.75, 3.05) is 63.5 Å². The van der Waals surface area contributed by atoms with E-state index in [1.165, 1.54) is 6.08 Å². The van der Waals surface area contributed by atoms with Crippen LogP contribution in [0.25, 0.3) is 0 Å². The molecular formula is C31H39N5O4. The highest BCUT2D eigenvalue weighted by molar-refractivity contribution is 6.09. The predicted octanol–water partition coefficient (Wildman–Crippen LogP) is 5.22. The molecule has 0 fully saturated rings. The Balaban J connectivity index is 1.87. The molecule has 0 saturated heterocycles. The second-order valence-electron chi connectivity index (χ2n) is 10.1. The quantitative estimate of drug-likeness (QED) is 0.210. The van der Waals surface area contributed by atoms with Gasteiger partial charge in [0.25, 0.3) is 0 Å². The van der Waals surface area contributed by atoms with Crippen molar-refractivity contribution in [1.29, 1.82) is 0 Å². The van der Waals surface area contributed by atoms with Gasteiger partial charge in [-0.05, 0) is 68.6 Å². The number of hydrogen-bond donors (Lipinski definition) is 2. The van der Waals surface area contributed by atoms with Crippen molar-refractivity contribution in [3.63, 3.8) is 0 Å². The van der Waals surface area contributed by atoms with Gasteiger partial charge in [-0.1, -0.05) is 20.4 Å². The van der Waals surface area contributed by atoms with Crippen LogP contribution >= 0.6 is 0 Å². The van der Waals surface area contributed by atoms with Crippen LogP contribution in [0.5, 0.6) is 11.5 Å². The van der Waals surface area contributed by atoms with Gasteiger partial charge in [0.15, 0.2) is 5.78 Å². The van der Waals surface area contributed by atoms with E-state index in [0.29, 0.717) is 46.6 Å². The molecule has 9 nitrogen and oxygen atoms in total. The lowest BCUT2D eigenvalue weighted by Crippen LogP contribution is -2.29. The average molecular weight is 546 g/mol. The van der Waals surface area contributed by atoms with Crippen LogP contribution < -0.4 is 25.0 Å². The van der Waals surface area contributed by atoms with Crippen molar-refractivity contribution in [3.8, 4) is 11.5 Å². The number of benzene rings is 2. The number of anilines is 4. The van der Waals surface area contributed by atoms with E-state index in [4.69, 9.17) is 9.47 Å². The number of aromatic nitrogens is 1. The zero-order valence-corrected chi connectivity index (χ0v) is 24.2. The Hall–Kier alpha value is -4.37. The number of ether oxygens (including phenoxy) is 2. The van der Waals surface area contributed by atoms with Gasteiger partial charge in [-0.25, -0.2) is 4.98 Å². The first-order valence-electron chi connectivity index (χ1n) is 13.1. The highest BCUT2D eigenvalue weighted by Gasteiger charge is 2.17. The summed E-state index contributed by atoms with van der Waals surface area (Å²) in [5, 5.41) is 6.13. The molecule has 3 aromatic rings. The van der Waals surface area contributed by atoms with Crippen molar-refractivity contribution in [1.82, 2.24) is 9.88 Å². The minimum Gasteiger partial charge on any atom is -0.494 e. The lowest BCUT2D eigenvalue weighted by molar-refractivity contribution is -0.111. The minimum atomic E-state index is -0.329. The van der Waals surface area contributed by atoms with Gasteiger partial charge < -0.3 is 29.9 Å². The van der Waals surface area contributed by atoms with Crippen molar-refractivity contribution in [3.05, 3.63) is 78.5 Å².